The number of ketones is 1. The molecule has 0 saturated heterocycles. The van der Waals surface area contributed by atoms with Gasteiger partial charge in [0.1, 0.15) is 0 Å². The molecule has 0 unspecified atom stereocenters. The van der Waals surface area contributed by atoms with Gasteiger partial charge in [-0.05, 0) is 23.1 Å². The van der Waals surface area contributed by atoms with E-state index in [1.54, 1.807) is 12.1 Å². The Bertz CT molecular complexity index is 877. The van der Waals surface area contributed by atoms with Crippen molar-refractivity contribution in [1.82, 2.24) is 0 Å². The summed E-state index contributed by atoms with van der Waals surface area (Å²) < 4.78 is 0. The second kappa shape index (κ2) is 6.71. The number of carbonyl (C=O) groups excluding carboxylic acids is 2. The standard InChI is InChI=1S/C20H15NO2/c22-19(14-13-15-7-2-1-3-8-15)20(23)21-18-12-6-10-16-9-4-5-11-17(16)18/h1-14H,(H,21,23)/b14-13+. The number of fused-ring (bicyclic) bond motifs is 1. The molecule has 0 aromatic heterocycles. The maximum Gasteiger partial charge on any atom is 0.296 e. The Labute approximate surface area is 134 Å². The van der Waals surface area contributed by atoms with Crippen molar-refractivity contribution in [2.24, 2.45) is 0 Å². The Hall–Kier alpha value is -3.20. The number of amides is 1. The van der Waals surface area contributed by atoms with Crippen LogP contribution in [0.15, 0.2) is 78.9 Å². The summed E-state index contributed by atoms with van der Waals surface area (Å²) in [6.45, 7) is 0. The zero-order chi connectivity index (χ0) is 16.1. The first kappa shape index (κ1) is 14.7. The van der Waals surface area contributed by atoms with Gasteiger partial charge < -0.3 is 5.32 Å². The van der Waals surface area contributed by atoms with Gasteiger partial charge in [0.15, 0.2) is 0 Å². The Morgan fingerprint density at radius 3 is 2.30 bits per heavy atom. The second-order valence-electron chi connectivity index (χ2n) is 5.09. The Morgan fingerprint density at radius 1 is 0.783 bits per heavy atom. The van der Waals surface area contributed by atoms with E-state index in [2.05, 4.69) is 5.32 Å². The molecule has 3 aromatic rings. The number of anilines is 1. The molecule has 1 amide bonds. The third-order valence-electron chi connectivity index (χ3n) is 3.49. The number of nitrogens with one attached hydrogen (secondary N) is 1. The molecular formula is C20H15NO2. The summed E-state index contributed by atoms with van der Waals surface area (Å²) in [4.78, 5) is 24.0. The second-order valence-corrected chi connectivity index (χ2v) is 5.09. The Balaban J connectivity index is 1.76. The van der Waals surface area contributed by atoms with Gasteiger partial charge in [0, 0.05) is 11.1 Å². The number of benzene rings is 3. The molecule has 0 aliphatic rings. The summed E-state index contributed by atoms with van der Waals surface area (Å²) in [5, 5.41) is 4.60. The van der Waals surface area contributed by atoms with Gasteiger partial charge in [0.25, 0.3) is 5.91 Å². The summed E-state index contributed by atoms with van der Waals surface area (Å²) in [6, 6.07) is 22.7. The molecule has 0 spiro atoms. The molecule has 3 nitrogen and oxygen atoms in total. The summed E-state index contributed by atoms with van der Waals surface area (Å²) >= 11 is 0. The smallest absolute Gasteiger partial charge is 0.296 e. The van der Waals surface area contributed by atoms with Gasteiger partial charge in [0.2, 0.25) is 5.78 Å². The molecular weight excluding hydrogens is 286 g/mol. The molecule has 23 heavy (non-hydrogen) atoms. The van der Waals surface area contributed by atoms with Crippen molar-refractivity contribution in [2.75, 3.05) is 5.32 Å². The van der Waals surface area contributed by atoms with Crippen molar-refractivity contribution in [3.63, 3.8) is 0 Å². The van der Waals surface area contributed by atoms with Crippen molar-refractivity contribution in [3.05, 3.63) is 84.4 Å². The first-order valence-corrected chi connectivity index (χ1v) is 7.30. The average molecular weight is 301 g/mol. The number of hydrogen-bond acceptors (Lipinski definition) is 2. The van der Waals surface area contributed by atoms with Crippen LogP contribution in [-0.2, 0) is 9.59 Å². The van der Waals surface area contributed by atoms with Crippen LogP contribution in [0.2, 0.25) is 0 Å². The van der Waals surface area contributed by atoms with Gasteiger partial charge in [-0.2, -0.15) is 0 Å². The van der Waals surface area contributed by atoms with E-state index in [9.17, 15) is 9.59 Å². The molecule has 3 aromatic carbocycles. The van der Waals surface area contributed by atoms with Crippen LogP contribution in [0.25, 0.3) is 16.8 Å². The molecule has 0 atom stereocenters. The van der Waals surface area contributed by atoms with Gasteiger partial charge in [-0.1, -0.05) is 72.8 Å². The van der Waals surface area contributed by atoms with Crippen LogP contribution in [0.5, 0.6) is 0 Å². The zero-order valence-electron chi connectivity index (χ0n) is 12.4. The van der Waals surface area contributed by atoms with Crippen molar-refractivity contribution in [1.29, 1.82) is 0 Å². The molecule has 1 N–H and O–H groups in total. The number of rotatable bonds is 4. The summed E-state index contributed by atoms with van der Waals surface area (Å²) in [5.74, 6) is -1.23. The van der Waals surface area contributed by atoms with E-state index in [4.69, 9.17) is 0 Å². The summed E-state index contributed by atoms with van der Waals surface area (Å²) in [7, 11) is 0. The minimum absolute atomic E-state index is 0.582. The molecule has 3 heteroatoms. The lowest BCUT2D eigenvalue weighted by molar-refractivity contribution is -0.131. The van der Waals surface area contributed by atoms with Crippen LogP contribution in [0.4, 0.5) is 5.69 Å². The minimum Gasteiger partial charge on any atom is -0.319 e. The lowest BCUT2D eigenvalue weighted by Crippen LogP contribution is -2.20. The van der Waals surface area contributed by atoms with Crippen molar-refractivity contribution >= 4 is 34.2 Å². The highest BCUT2D eigenvalue weighted by molar-refractivity contribution is 6.45. The quantitative estimate of drug-likeness (QED) is 0.583. The van der Waals surface area contributed by atoms with Crippen LogP contribution in [-0.4, -0.2) is 11.7 Å². The van der Waals surface area contributed by atoms with E-state index in [-0.39, 0.29) is 0 Å². The first-order chi connectivity index (χ1) is 11.2. The average Bonchev–Trinajstić information content (AvgIpc) is 2.61. The zero-order valence-corrected chi connectivity index (χ0v) is 12.4. The van der Waals surface area contributed by atoms with Gasteiger partial charge in [-0.3, -0.25) is 9.59 Å². The highest BCUT2D eigenvalue weighted by Gasteiger charge is 2.11. The lowest BCUT2D eigenvalue weighted by atomic mass is 10.1. The highest BCUT2D eigenvalue weighted by atomic mass is 16.2. The molecule has 0 saturated carbocycles. The fraction of sp³-hybridized carbons (Fsp3) is 0. The Morgan fingerprint density at radius 2 is 1.48 bits per heavy atom. The number of hydrogen-bond donors (Lipinski definition) is 1. The largest absolute Gasteiger partial charge is 0.319 e. The van der Waals surface area contributed by atoms with Crippen molar-refractivity contribution in [2.45, 2.75) is 0 Å². The maximum atomic E-state index is 12.1. The fourth-order valence-electron chi connectivity index (χ4n) is 2.33. The molecule has 0 aliphatic heterocycles. The van der Waals surface area contributed by atoms with Gasteiger partial charge >= 0.3 is 0 Å². The monoisotopic (exact) mass is 301 g/mol. The van der Waals surface area contributed by atoms with E-state index in [0.29, 0.717) is 5.69 Å². The normalized spacial score (nSPS) is 10.8. The van der Waals surface area contributed by atoms with Gasteiger partial charge in [-0.25, -0.2) is 0 Å². The van der Waals surface area contributed by atoms with Crippen LogP contribution in [0.3, 0.4) is 0 Å². The molecule has 0 aliphatic carbocycles. The van der Waals surface area contributed by atoms with Crippen LogP contribution < -0.4 is 5.32 Å². The highest BCUT2D eigenvalue weighted by Crippen LogP contribution is 2.22. The SMILES string of the molecule is O=C(/C=C/c1ccccc1)C(=O)Nc1cccc2ccccc12. The maximum absolute atomic E-state index is 12.1. The molecule has 3 rings (SSSR count). The molecule has 0 bridgehead atoms. The van der Waals surface area contributed by atoms with E-state index in [0.717, 1.165) is 16.3 Å². The van der Waals surface area contributed by atoms with Gasteiger partial charge in [-0.15, -0.1) is 0 Å². The molecule has 0 fully saturated rings. The van der Waals surface area contributed by atoms with E-state index >= 15 is 0 Å². The summed E-state index contributed by atoms with van der Waals surface area (Å²) in [5.41, 5.74) is 1.51. The first-order valence-electron chi connectivity index (χ1n) is 7.30. The van der Waals surface area contributed by atoms with Crippen LogP contribution >= 0.6 is 0 Å². The topological polar surface area (TPSA) is 46.2 Å². The van der Waals surface area contributed by atoms with Crippen molar-refractivity contribution in [3.8, 4) is 0 Å². The third-order valence-corrected chi connectivity index (χ3v) is 3.49. The van der Waals surface area contributed by atoms with E-state index in [1.807, 2.05) is 66.7 Å². The van der Waals surface area contributed by atoms with Gasteiger partial charge in [0.05, 0.1) is 0 Å². The number of carbonyl (C=O) groups is 2. The van der Waals surface area contributed by atoms with E-state index < -0.39 is 11.7 Å². The minimum atomic E-state index is -0.645. The van der Waals surface area contributed by atoms with Crippen LogP contribution in [0, 0.1) is 0 Å². The summed E-state index contributed by atoms with van der Waals surface area (Å²) in [6.07, 6.45) is 2.92. The van der Waals surface area contributed by atoms with Crippen molar-refractivity contribution < 1.29 is 9.59 Å². The lowest BCUT2D eigenvalue weighted by Gasteiger charge is -2.07. The third kappa shape index (κ3) is 3.52. The Kier molecular flexibility index (Phi) is 4.29. The predicted octanol–water partition coefficient (Wildman–Crippen LogP) is 4.06. The predicted molar refractivity (Wildman–Crippen MR) is 93.1 cm³/mol. The van der Waals surface area contributed by atoms with E-state index in [1.165, 1.54) is 6.08 Å². The molecule has 112 valence electrons. The molecule has 0 heterocycles. The molecule has 0 radical (unpaired) electrons. The van der Waals surface area contributed by atoms with Crippen LogP contribution in [0.1, 0.15) is 5.56 Å². The fourth-order valence-corrected chi connectivity index (χ4v) is 2.33.